The summed E-state index contributed by atoms with van der Waals surface area (Å²) in [5, 5.41) is 13.1. The highest BCUT2D eigenvalue weighted by Crippen LogP contribution is 2.43. The van der Waals surface area contributed by atoms with E-state index in [0.29, 0.717) is 5.41 Å². The third-order valence-electron chi connectivity index (χ3n) is 5.61. The lowest BCUT2D eigenvalue weighted by Crippen LogP contribution is -2.50. The zero-order chi connectivity index (χ0) is 16.0. The Balaban J connectivity index is 1.64. The molecule has 1 aromatic heterocycles. The Hall–Kier alpha value is -2.14. The summed E-state index contributed by atoms with van der Waals surface area (Å²) in [7, 11) is 1.78. The number of fused-ring (bicyclic) bond motifs is 3. The van der Waals surface area contributed by atoms with Crippen molar-refractivity contribution in [3.8, 4) is 11.3 Å². The Morgan fingerprint density at radius 2 is 1.74 bits per heavy atom. The molecule has 0 unspecified atom stereocenters. The molecule has 0 radical (unpaired) electrons. The van der Waals surface area contributed by atoms with E-state index < -0.39 is 5.97 Å². The van der Waals surface area contributed by atoms with E-state index in [1.54, 1.807) is 17.8 Å². The van der Waals surface area contributed by atoms with Crippen molar-refractivity contribution in [3.05, 3.63) is 41.6 Å². The molecule has 120 valence electrons. The first kappa shape index (κ1) is 14.5. The first-order valence-electron chi connectivity index (χ1n) is 8.18. The fraction of sp³-hybridized carbons (Fsp3) is 0.444. The fourth-order valence-corrected chi connectivity index (χ4v) is 4.10. The molecule has 0 saturated carbocycles. The minimum absolute atomic E-state index is 0.0878. The number of benzene rings is 1. The van der Waals surface area contributed by atoms with Crippen LogP contribution in [0.4, 0.5) is 0 Å². The van der Waals surface area contributed by atoms with Crippen LogP contribution in [-0.2, 0) is 12.5 Å². The maximum absolute atomic E-state index is 11.1. The number of carboxylic acids is 1. The van der Waals surface area contributed by atoms with Gasteiger partial charge in [0.05, 0.1) is 5.69 Å². The van der Waals surface area contributed by atoms with Crippen LogP contribution in [0, 0.1) is 0 Å². The van der Waals surface area contributed by atoms with Crippen LogP contribution in [0.2, 0.25) is 0 Å². The molecule has 5 rings (SSSR count). The molecule has 2 bridgehead atoms. The van der Waals surface area contributed by atoms with Gasteiger partial charge >= 0.3 is 5.97 Å². The molecule has 2 aromatic rings. The summed E-state index contributed by atoms with van der Waals surface area (Å²) in [4.78, 5) is 13.6. The molecular weight excluding hydrogens is 290 g/mol. The Kier molecular flexibility index (Phi) is 3.27. The molecule has 23 heavy (non-hydrogen) atoms. The van der Waals surface area contributed by atoms with Crippen LogP contribution in [0.5, 0.6) is 0 Å². The fourth-order valence-electron chi connectivity index (χ4n) is 4.10. The van der Waals surface area contributed by atoms with Gasteiger partial charge in [-0.15, -0.1) is 0 Å². The molecule has 3 aliphatic rings. The lowest BCUT2D eigenvalue weighted by molar-refractivity contribution is 0.0689. The Bertz CT molecular complexity index is 726. The SMILES string of the molecule is Cn1nc(C(=O)O)cc1-c1ccc(C23CCN(CC2)CC3)cc1. The molecule has 5 nitrogen and oxygen atoms in total. The molecule has 0 aliphatic carbocycles. The highest BCUT2D eigenvalue weighted by molar-refractivity contribution is 5.87. The van der Waals surface area contributed by atoms with Crippen molar-refractivity contribution in [2.75, 3.05) is 19.6 Å². The van der Waals surface area contributed by atoms with Gasteiger partial charge in [-0.3, -0.25) is 4.68 Å². The van der Waals surface area contributed by atoms with Gasteiger partial charge in [-0.25, -0.2) is 4.79 Å². The largest absolute Gasteiger partial charge is 0.476 e. The number of aromatic carboxylic acids is 1. The maximum Gasteiger partial charge on any atom is 0.356 e. The van der Waals surface area contributed by atoms with Crippen LogP contribution in [0.15, 0.2) is 30.3 Å². The normalized spacial score (nSPS) is 26.4. The molecule has 3 aliphatic heterocycles. The number of hydrogen-bond donors (Lipinski definition) is 1. The Labute approximate surface area is 135 Å². The minimum atomic E-state index is -0.990. The van der Waals surface area contributed by atoms with Crippen LogP contribution in [0.25, 0.3) is 11.3 Å². The van der Waals surface area contributed by atoms with Crippen molar-refractivity contribution >= 4 is 5.97 Å². The van der Waals surface area contributed by atoms with Gasteiger partial charge in [0.15, 0.2) is 5.69 Å². The third-order valence-corrected chi connectivity index (χ3v) is 5.61. The van der Waals surface area contributed by atoms with Crippen molar-refractivity contribution in [2.45, 2.75) is 24.7 Å². The molecule has 1 N–H and O–H groups in total. The maximum atomic E-state index is 11.1. The molecule has 3 fully saturated rings. The van der Waals surface area contributed by atoms with Crippen LogP contribution < -0.4 is 0 Å². The monoisotopic (exact) mass is 311 g/mol. The first-order chi connectivity index (χ1) is 11.1. The number of rotatable bonds is 3. The number of piperidine rings is 3. The van der Waals surface area contributed by atoms with Crippen molar-refractivity contribution in [1.29, 1.82) is 0 Å². The average Bonchev–Trinajstić information content (AvgIpc) is 2.99. The minimum Gasteiger partial charge on any atom is -0.476 e. The van der Waals surface area contributed by atoms with E-state index in [-0.39, 0.29) is 5.69 Å². The number of aryl methyl sites for hydroxylation is 1. The molecular formula is C18H21N3O2. The standard InChI is InChI=1S/C18H21N3O2/c1-20-16(12-15(19-20)17(22)23)13-2-4-14(5-3-13)18-6-9-21(10-7-18)11-8-18/h2-5,12H,6-11H2,1H3,(H,22,23). The van der Waals surface area contributed by atoms with E-state index >= 15 is 0 Å². The number of carbonyl (C=O) groups is 1. The second kappa shape index (κ2) is 5.20. The zero-order valence-corrected chi connectivity index (χ0v) is 13.3. The van der Waals surface area contributed by atoms with E-state index in [1.165, 1.54) is 44.5 Å². The van der Waals surface area contributed by atoms with Gasteiger partial charge < -0.3 is 10.0 Å². The summed E-state index contributed by atoms with van der Waals surface area (Å²) < 4.78 is 1.63. The summed E-state index contributed by atoms with van der Waals surface area (Å²) in [5.41, 5.74) is 3.73. The lowest BCUT2D eigenvalue weighted by Gasteiger charge is -2.49. The van der Waals surface area contributed by atoms with Crippen LogP contribution >= 0.6 is 0 Å². The van der Waals surface area contributed by atoms with Crippen molar-refractivity contribution in [1.82, 2.24) is 14.7 Å². The Morgan fingerprint density at radius 3 is 2.26 bits per heavy atom. The predicted octanol–water partition coefficient (Wildman–Crippen LogP) is 2.52. The van der Waals surface area contributed by atoms with Gasteiger partial charge in [0.1, 0.15) is 0 Å². The van der Waals surface area contributed by atoms with E-state index in [1.807, 2.05) is 0 Å². The first-order valence-corrected chi connectivity index (χ1v) is 8.18. The summed E-state index contributed by atoms with van der Waals surface area (Å²) in [6.07, 6.45) is 3.75. The smallest absolute Gasteiger partial charge is 0.356 e. The van der Waals surface area contributed by atoms with E-state index in [0.717, 1.165) is 11.3 Å². The van der Waals surface area contributed by atoms with E-state index in [2.05, 4.69) is 34.3 Å². The third kappa shape index (κ3) is 2.36. The van der Waals surface area contributed by atoms with Crippen LogP contribution in [-0.4, -0.2) is 45.4 Å². The van der Waals surface area contributed by atoms with Crippen molar-refractivity contribution < 1.29 is 9.90 Å². The molecule has 3 saturated heterocycles. The molecule has 5 heteroatoms. The van der Waals surface area contributed by atoms with Gasteiger partial charge in [0.2, 0.25) is 0 Å². The highest BCUT2D eigenvalue weighted by atomic mass is 16.4. The highest BCUT2D eigenvalue weighted by Gasteiger charge is 2.40. The Morgan fingerprint density at radius 1 is 1.13 bits per heavy atom. The second-order valence-corrected chi connectivity index (χ2v) is 6.79. The molecule has 1 aromatic carbocycles. The number of nitrogens with zero attached hydrogens (tertiary/aromatic N) is 3. The van der Waals surface area contributed by atoms with Gasteiger partial charge in [-0.05, 0) is 61.5 Å². The van der Waals surface area contributed by atoms with Crippen molar-refractivity contribution in [3.63, 3.8) is 0 Å². The van der Waals surface area contributed by atoms with E-state index in [4.69, 9.17) is 5.11 Å². The van der Waals surface area contributed by atoms with Gasteiger partial charge in [0, 0.05) is 7.05 Å². The topological polar surface area (TPSA) is 58.4 Å². The predicted molar refractivity (Wildman–Crippen MR) is 87.6 cm³/mol. The second-order valence-electron chi connectivity index (χ2n) is 6.79. The molecule has 0 amide bonds. The summed E-state index contributed by atoms with van der Waals surface area (Å²) in [6, 6.07) is 10.3. The van der Waals surface area contributed by atoms with Crippen LogP contribution in [0.3, 0.4) is 0 Å². The zero-order valence-electron chi connectivity index (χ0n) is 13.3. The van der Waals surface area contributed by atoms with E-state index in [9.17, 15) is 4.79 Å². The quantitative estimate of drug-likeness (QED) is 0.946. The summed E-state index contributed by atoms with van der Waals surface area (Å²) >= 11 is 0. The molecule has 0 spiro atoms. The average molecular weight is 311 g/mol. The number of carboxylic acid groups (broad SMARTS) is 1. The van der Waals surface area contributed by atoms with Gasteiger partial charge in [-0.2, -0.15) is 5.10 Å². The molecule has 0 atom stereocenters. The number of aromatic nitrogens is 2. The van der Waals surface area contributed by atoms with Gasteiger partial charge in [0.25, 0.3) is 0 Å². The van der Waals surface area contributed by atoms with Crippen LogP contribution in [0.1, 0.15) is 35.3 Å². The summed E-state index contributed by atoms with van der Waals surface area (Å²) in [5.74, 6) is -0.990. The lowest BCUT2D eigenvalue weighted by atomic mass is 9.67. The van der Waals surface area contributed by atoms with Crippen molar-refractivity contribution in [2.24, 2.45) is 7.05 Å². The summed E-state index contributed by atoms with van der Waals surface area (Å²) in [6.45, 7) is 3.64. The number of hydrogen-bond acceptors (Lipinski definition) is 3. The molecule has 4 heterocycles. The van der Waals surface area contributed by atoms with Gasteiger partial charge in [-0.1, -0.05) is 24.3 Å².